The van der Waals surface area contributed by atoms with Crippen molar-refractivity contribution in [3.05, 3.63) is 53.4 Å². The zero-order chi connectivity index (χ0) is 17.9. The summed E-state index contributed by atoms with van der Waals surface area (Å²) in [4.78, 5) is 7.42. The first-order valence-electron chi connectivity index (χ1n) is 8.98. The zero-order valence-electron chi connectivity index (χ0n) is 14.5. The number of hydrogen-bond donors (Lipinski definition) is 4. The highest BCUT2D eigenvalue weighted by Gasteiger charge is 2.26. The quantitative estimate of drug-likeness (QED) is 0.683. The lowest BCUT2D eigenvalue weighted by Gasteiger charge is -2.31. The molecule has 1 aromatic heterocycles. The van der Waals surface area contributed by atoms with Gasteiger partial charge in [0.2, 0.25) is 0 Å². The summed E-state index contributed by atoms with van der Waals surface area (Å²) in [6, 6.07) is 12.2. The number of fused-ring (bicyclic) bond motifs is 1. The highest BCUT2D eigenvalue weighted by atomic mass is 15.1. The summed E-state index contributed by atoms with van der Waals surface area (Å²) in [5.41, 5.74) is 11.2. The van der Waals surface area contributed by atoms with E-state index in [-0.39, 0.29) is 0 Å². The number of hydrogen-bond acceptors (Lipinski definition) is 5. The Balaban J connectivity index is 1.40. The third-order valence-corrected chi connectivity index (χ3v) is 5.24. The van der Waals surface area contributed by atoms with Gasteiger partial charge < -0.3 is 21.4 Å². The van der Waals surface area contributed by atoms with Gasteiger partial charge in [-0.3, -0.25) is 0 Å². The fourth-order valence-corrected chi connectivity index (χ4v) is 3.78. The van der Waals surface area contributed by atoms with Crippen LogP contribution >= 0.6 is 0 Å². The lowest BCUT2D eigenvalue weighted by atomic mass is 9.83. The molecule has 2 aromatic rings. The number of aliphatic imine (C=N–C) groups is 1. The van der Waals surface area contributed by atoms with Crippen molar-refractivity contribution in [3.63, 3.8) is 0 Å². The minimum absolute atomic E-state index is 0.380. The van der Waals surface area contributed by atoms with Gasteiger partial charge in [-0.25, -0.2) is 4.99 Å². The van der Waals surface area contributed by atoms with Crippen LogP contribution < -0.4 is 16.4 Å². The Bertz CT molecular complexity index is 876. The summed E-state index contributed by atoms with van der Waals surface area (Å²) < 4.78 is 0. The molecule has 0 saturated heterocycles. The van der Waals surface area contributed by atoms with E-state index >= 15 is 0 Å². The third-order valence-electron chi connectivity index (χ3n) is 5.24. The maximum Gasteiger partial charge on any atom is 0.141 e. The van der Waals surface area contributed by atoms with Crippen LogP contribution in [0.5, 0.6) is 0 Å². The molecule has 1 fully saturated rings. The third kappa shape index (κ3) is 3.16. The van der Waals surface area contributed by atoms with Gasteiger partial charge in [0, 0.05) is 35.1 Å². The summed E-state index contributed by atoms with van der Waals surface area (Å²) in [5, 5.41) is 15.7. The Hall–Kier alpha value is -3.20. The molecule has 6 nitrogen and oxygen atoms in total. The standard InChI is InChI=1S/C20H22N6/c21-11-13-1-5-15(6-2-13)26-16-7-3-14(4-8-16)18(22)19-17-9-10-23-20(17)25-12-24-19/h1-2,5-6,9-10,12,14,16,23,26H,3-4,7-8,22H2,(H,24,25)/b19-18-. The molecular formula is C20H22N6. The van der Waals surface area contributed by atoms with Crippen LogP contribution in [0.2, 0.25) is 0 Å². The Kier molecular flexibility index (Phi) is 4.36. The topological polar surface area (TPSA) is 102 Å². The second kappa shape index (κ2) is 6.96. The predicted octanol–water partition coefficient (Wildman–Crippen LogP) is 3.45. The maximum absolute atomic E-state index is 8.88. The van der Waals surface area contributed by atoms with Gasteiger partial charge in [0.05, 0.1) is 23.7 Å². The van der Waals surface area contributed by atoms with Crippen molar-refractivity contribution < 1.29 is 0 Å². The van der Waals surface area contributed by atoms with Crippen molar-refractivity contribution in [1.29, 1.82) is 5.26 Å². The number of nitriles is 1. The van der Waals surface area contributed by atoms with Crippen molar-refractivity contribution in [2.45, 2.75) is 31.7 Å². The number of allylic oxidation sites excluding steroid dienone is 1. The fraction of sp³-hybridized carbons (Fsp3) is 0.300. The second-order valence-corrected chi connectivity index (χ2v) is 6.85. The molecule has 26 heavy (non-hydrogen) atoms. The highest BCUT2D eigenvalue weighted by molar-refractivity contribution is 5.87. The monoisotopic (exact) mass is 346 g/mol. The van der Waals surface area contributed by atoms with Gasteiger partial charge in [0.1, 0.15) is 5.82 Å². The molecule has 0 radical (unpaired) electrons. The molecule has 0 unspecified atom stereocenters. The minimum Gasteiger partial charge on any atom is -0.400 e. The maximum atomic E-state index is 8.88. The number of benzene rings is 1. The summed E-state index contributed by atoms with van der Waals surface area (Å²) >= 11 is 0. The molecule has 4 rings (SSSR count). The first kappa shape index (κ1) is 16.3. The summed E-state index contributed by atoms with van der Waals surface area (Å²) in [6.07, 6.45) is 7.85. The molecule has 5 N–H and O–H groups in total. The molecule has 2 heterocycles. The molecule has 1 aromatic carbocycles. The fourth-order valence-electron chi connectivity index (χ4n) is 3.78. The van der Waals surface area contributed by atoms with Crippen molar-refractivity contribution >= 4 is 23.5 Å². The average Bonchev–Trinajstić information content (AvgIpc) is 3.17. The van der Waals surface area contributed by atoms with Crippen LogP contribution in [0.1, 0.15) is 36.8 Å². The SMILES string of the molecule is N#Cc1ccc(NC2CCC(/C(N)=C3/NC=Nc4[nH]ccc43)CC2)cc1. The molecule has 0 bridgehead atoms. The first-order chi connectivity index (χ1) is 12.7. The van der Waals surface area contributed by atoms with E-state index in [1.165, 1.54) is 0 Å². The molecule has 0 amide bonds. The van der Waals surface area contributed by atoms with Gasteiger partial charge in [-0.15, -0.1) is 0 Å². The smallest absolute Gasteiger partial charge is 0.141 e. The lowest BCUT2D eigenvalue weighted by molar-refractivity contribution is 0.375. The van der Waals surface area contributed by atoms with Gasteiger partial charge in [0.15, 0.2) is 0 Å². The van der Waals surface area contributed by atoms with E-state index in [2.05, 4.69) is 26.7 Å². The summed E-state index contributed by atoms with van der Waals surface area (Å²) in [7, 11) is 0. The molecule has 0 spiro atoms. The molecule has 6 heteroatoms. The lowest BCUT2D eigenvalue weighted by Crippen LogP contribution is -2.30. The van der Waals surface area contributed by atoms with Gasteiger partial charge in [-0.1, -0.05) is 0 Å². The predicted molar refractivity (Wildman–Crippen MR) is 104 cm³/mol. The average molecular weight is 346 g/mol. The van der Waals surface area contributed by atoms with Crippen molar-refractivity contribution in [3.8, 4) is 6.07 Å². The number of H-pyrrole nitrogens is 1. The van der Waals surface area contributed by atoms with E-state index in [0.717, 1.165) is 54.1 Å². The molecule has 1 aliphatic carbocycles. The number of rotatable bonds is 3. The van der Waals surface area contributed by atoms with Crippen LogP contribution in [-0.2, 0) is 0 Å². The van der Waals surface area contributed by atoms with E-state index in [9.17, 15) is 0 Å². The van der Waals surface area contributed by atoms with Crippen LogP contribution in [0, 0.1) is 17.2 Å². The van der Waals surface area contributed by atoms with Crippen LogP contribution in [0.25, 0.3) is 5.70 Å². The van der Waals surface area contributed by atoms with Gasteiger partial charge in [-0.2, -0.15) is 5.26 Å². The van der Waals surface area contributed by atoms with Crippen LogP contribution in [0.3, 0.4) is 0 Å². The van der Waals surface area contributed by atoms with Crippen molar-refractivity contribution in [2.24, 2.45) is 16.6 Å². The van der Waals surface area contributed by atoms with E-state index in [1.54, 1.807) is 6.34 Å². The largest absolute Gasteiger partial charge is 0.400 e. The molecule has 0 atom stereocenters. The first-order valence-corrected chi connectivity index (χ1v) is 8.98. The Morgan fingerprint density at radius 1 is 1.15 bits per heavy atom. The van der Waals surface area contributed by atoms with Gasteiger partial charge in [0.25, 0.3) is 0 Å². The van der Waals surface area contributed by atoms with Crippen molar-refractivity contribution in [2.75, 3.05) is 5.32 Å². The number of anilines is 1. The number of nitrogens with two attached hydrogens (primary N) is 1. The summed E-state index contributed by atoms with van der Waals surface area (Å²) in [6.45, 7) is 0. The van der Waals surface area contributed by atoms with Gasteiger partial charge >= 0.3 is 0 Å². The molecule has 2 aliphatic rings. The Morgan fingerprint density at radius 2 is 1.92 bits per heavy atom. The van der Waals surface area contributed by atoms with E-state index in [1.807, 2.05) is 36.5 Å². The number of nitrogens with zero attached hydrogens (tertiary/aromatic N) is 2. The van der Waals surface area contributed by atoms with E-state index < -0.39 is 0 Å². The molecular weight excluding hydrogens is 324 g/mol. The zero-order valence-corrected chi connectivity index (χ0v) is 14.5. The minimum atomic E-state index is 0.380. The highest BCUT2D eigenvalue weighted by Crippen LogP contribution is 2.35. The van der Waals surface area contributed by atoms with Gasteiger partial charge in [-0.05, 0) is 56.0 Å². The van der Waals surface area contributed by atoms with Crippen LogP contribution in [0.4, 0.5) is 11.5 Å². The number of nitrogens with one attached hydrogen (secondary N) is 3. The molecule has 1 aliphatic heterocycles. The van der Waals surface area contributed by atoms with Crippen LogP contribution in [0.15, 0.2) is 47.2 Å². The number of aromatic amines is 1. The summed E-state index contributed by atoms with van der Waals surface area (Å²) in [5.74, 6) is 1.24. The van der Waals surface area contributed by atoms with Crippen molar-refractivity contribution in [1.82, 2.24) is 10.3 Å². The van der Waals surface area contributed by atoms with Crippen LogP contribution in [-0.4, -0.2) is 17.4 Å². The number of aromatic nitrogens is 1. The molecule has 1 saturated carbocycles. The normalized spacial score (nSPS) is 23.5. The van der Waals surface area contributed by atoms with E-state index in [4.69, 9.17) is 11.0 Å². The molecule has 132 valence electrons. The van der Waals surface area contributed by atoms with E-state index in [0.29, 0.717) is 17.5 Å². The Morgan fingerprint density at radius 3 is 2.65 bits per heavy atom. The second-order valence-electron chi connectivity index (χ2n) is 6.85. The Labute approximate surface area is 152 Å².